The average molecular weight is 144 g/mol. The molecule has 8 heavy (non-hydrogen) atoms. The van der Waals surface area contributed by atoms with E-state index in [1.54, 1.807) is 0 Å². The van der Waals surface area contributed by atoms with Gasteiger partial charge < -0.3 is 25.1 Å². The second-order valence-corrected chi connectivity index (χ2v) is 2.83. The van der Waals surface area contributed by atoms with Crippen molar-refractivity contribution in [3.63, 3.8) is 0 Å². The Kier molecular flexibility index (Phi) is 1.77. The summed E-state index contributed by atoms with van der Waals surface area (Å²) in [5.41, 5.74) is -3.90. The number of aliphatic hydroxyl groups is 3. The van der Waals surface area contributed by atoms with Crippen LogP contribution in [0.4, 0.5) is 0 Å². The van der Waals surface area contributed by atoms with E-state index in [1.807, 2.05) is 0 Å². The van der Waals surface area contributed by atoms with Gasteiger partial charge in [-0.1, -0.05) is 0 Å². The van der Waals surface area contributed by atoms with E-state index in [1.165, 1.54) is 0 Å². The Labute approximate surface area is 44.2 Å². The average Bonchev–Trinajstić information content (AvgIpc) is 1.25. The van der Waals surface area contributed by atoms with Crippen molar-refractivity contribution < 1.29 is 29.7 Å². The number of hydrogen-bond acceptors (Lipinski definition) is 4. The number of hydrogen-bond donors (Lipinski definition) is 5. The monoisotopic (exact) mass is 144 g/mol. The molecular formula is CH5O6P. The van der Waals surface area contributed by atoms with Crippen molar-refractivity contribution in [2.24, 2.45) is 0 Å². The Balaban J connectivity index is 4.26. The van der Waals surface area contributed by atoms with Crippen LogP contribution in [0.1, 0.15) is 0 Å². The van der Waals surface area contributed by atoms with E-state index < -0.39 is 13.3 Å². The van der Waals surface area contributed by atoms with Crippen molar-refractivity contribution in [1.82, 2.24) is 0 Å². The van der Waals surface area contributed by atoms with Crippen LogP contribution in [0.15, 0.2) is 0 Å². The molecule has 0 aromatic heterocycles. The highest BCUT2D eigenvalue weighted by molar-refractivity contribution is 7.52. The van der Waals surface area contributed by atoms with Gasteiger partial charge in [0.15, 0.2) is 0 Å². The van der Waals surface area contributed by atoms with Crippen molar-refractivity contribution in [2.45, 2.75) is 5.71 Å². The maximum absolute atomic E-state index is 9.60. The largest absolute Gasteiger partial charge is 0.414 e. The van der Waals surface area contributed by atoms with E-state index in [-0.39, 0.29) is 0 Å². The van der Waals surface area contributed by atoms with Crippen LogP contribution in [0.25, 0.3) is 0 Å². The van der Waals surface area contributed by atoms with Gasteiger partial charge in [0.2, 0.25) is 0 Å². The van der Waals surface area contributed by atoms with Gasteiger partial charge in [-0.15, -0.1) is 0 Å². The van der Waals surface area contributed by atoms with Crippen LogP contribution >= 0.6 is 7.60 Å². The molecule has 0 saturated heterocycles. The summed E-state index contributed by atoms with van der Waals surface area (Å²) in [6, 6.07) is 0. The molecule has 0 spiro atoms. The summed E-state index contributed by atoms with van der Waals surface area (Å²) in [7, 11) is -5.18. The molecule has 5 N–H and O–H groups in total. The van der Waals surface area contributed by atoms with E-state index >= 15 is 0 Å². The Hall–Kier alpha value is 0.0300. The van der Waals surface area contributed by atoms with Gasteiger partial charge in [0.25, 0.3) is 0 Å². The van der Waals surface area contributed by atoms with Crippen LogP contribution in [0.5, 0.6) is 0 Å². The molecule has 0 heterocycles. The van der Waals surface area contributed by atoms with Crippen LogP contribution in [0.3, 0.4) is 0 Å². The van der Waals surface area contributed by atoms with Crippen molar-refractivity contribution in [3.8, 4) is 0 Å². The van der Waals surface area contributed by atoms with E-state index in [2.05, 4.69) is 0 Å². The Morgan fingerprint density at radius 3 is 1.25 bits per heavy atom. The highest BCUT2D eigenvalue weighted by Crippen LogP contribution is 2.44. The van der Waals surface area contributed by atoms with E-state index in [0.717, 1.165) is 0 Å². The van der Waals surface area contributed by atoms with E-state index in [0.29, 0.717) is 0 Å². The predicted molar refractivity (Wildman–Crippen MR) is 21.4 cm³/mol. The zero-order valence-electron chi connectivity index (χ0n) is 3.59. The third-order valence-electron chi connectivity index (χ3n) is 0.391. The molecule has 0 saturated carbocycles. The van der Waals surface area contributed by atoms with Crippen LogP contribution < -0.4 is 0 Å². The van der Waals surface area contributed by atoms with Crippen LogP contribution in [-0.2, 0) is 4.57 Å². The molecule has 0 aliphatic heterocycles. The van der Waals surface area contributed by atoms with E-state index in [4.69, 9.17) is 25.1 Å². The highest BCUT2D eigenvalue weighted by Gasteiger charge is 2.41. The van der Waals surface area contributed by atoms with Gasteiger partial charge in [-0.05, 0) is 0 Å². The molecule has 0 unspecified atom stereocenters. The lowest BCUT2D eigenvalue weighted by Crippen LogP contribution is -2.26. The minimum Gasteiger partial charge on any atom is -0.334 e. The first kappa shape index (κ1) is 8.03. The Morgan fingerprint density at radius 1 is 1.12 bits per heavy atom. The molecule has 0 bridgehead atoms. The lowest BCUT2D eigenvalue weighted by atomic mass is 11.3. The lowest BCUT2D eigenvalue weighted by Gasteiger charge is -2.13. The van der Waals surface area contributed by atoms with Crippen LogP contribution in [0.2, 0.25) is 0 Å². The Bertz CT molecular complexity index is 115. The minimum absolute atomic E-state index is 3.90. The lowest BCUT2D eigenvalue weighted by molar-refractivity contribution is -0.255. The fourth-order valence-electron chi connectivity index (χ4n) is 0. The molecule has 0 aromatic carbocycles. The summed E-state index contributed by atoms with van der Waals surface area (Å²) in [5, 5.41) is 23.1. The molecule has 0 aliphatic rings. The SMILES string of the molecule is O=P(O)(O)C(O)(O)O. The van der Waals surface area contributed by atoms with Gasteiger partial charge in [-0.3, -0.25) is 4.57 Å². The van der Waals surface area contributed by atoms with Gasteiger partial charge in [-0.2, -0.15) is 0 Å². The molecule has 0 aromatic rings. The number of rotatable bonds is 1. The quantitative estimate of drug-likeness (QED) is 0.209. The van der Waals surface area contributed by atoms with Gasteiger partial charge in [0.05, 0.1) is 0 Å². The standard InChI is InChI=1S/CH5O6P/c2-1(3,4)8(5,6)7/h2-4H,(H2,5,6,7). The van der Waals surface area contributed by atoms with E-state index in [9.17, 15) is 4.57 Å². The molecule has 0 atom stereocenters. The van der Waals surface area contributed by atoms with Gasteiger partial charge in [-0.25, -0.2) is 0 Å². The molecule has 0 rings (SSSR count). The Morgan fingerprint density at radius 2 is 1.25 bits per heavy atom. The maximum atomic E-state index is 9.60. The van der Waals surface area contributed by atoms with Crippen molar-refractivity contribution in [3.05, 3.63) is 0 Å². The van der Waals surface area contributed by atoms with Crippen LogP contribution in [0, 0.1) is 0 Å². The third kappa shape index (κ3) is 1.87. The molecular weight excluding hydrogens is 139 g/mol. The van der Waals surface area contributed by atoms with Crippen molar-refractivity contribution >= 4 is 7.60 Å². The molecule has 0 amide bonds. The van der Waals surface area contributed by atoms with Gasteiger partial charge in [0.1, 0.15) is 0 Å². The second-order valence-electron chi connectivity index (χ2n) is 1.14. The summed E-state index contributed by atoms with van der Waals surface area (Å²) < 4.78 is 9.60. The van der Waals surface area contributed by atoms with Crippen molar-refractivity contribution in [1.29, 1.82) is 0 Å². The van der Waals surface area contributed by atoms with Gasteiger partial charge >= 0.3 is 13.3 Å². The summed E-state index contributed by atoms with van der Waals surface area (Å²) in [6.45, 7) is 0. The molecule has 7 heteroatoms. The zero-order chi connectivity index (χ0) is 7.00. The summed E-state index contributed by atoms with van der Waals surface area (Å²) in [5.74, 6) is 0. The molecule has 0 radical (unpaired) electrons. The van der Waals surface area contributed by atoms with Gasteiger partial charge in [0, 0.05) is 0 Å². The normalized spacial score (nSPS) is 14.1. The fraction of sp³-hybridized carbons (Fsp3) is 1.00. The minimum atomic E-state index is -5.18. The first-order valence-corrected chi connectivity index (χ1v) is 3.09. The fourth-order valence-corrected chi connectivity index (χ4v) is 0. The molecule has 0 aliphatic carbocycles. The first-order valence-electron chi connectivity index (χ1n) is 1.48. The highest BCUT2D eigenvalue weighted by atomic mass is 31.2. The topological polar surface area (TPSA) is 118 Å². The van der Waals surface area contributed by atoms with Crippen molar-refractivity contribution in [2.75, 3.05) is 0 Å². The molecule has 0 fully saturated rings. The second kappa shape index (κ2) is 1.77. The first-order chi connectivity index (χ1) is 3.25. The maximum Gasteiger partial charge on any atom is 0.414 e. The smallest absolute Gasteiger partial charge is 0.334 e. The van der Waals surface area contributed by atoms with Crippen LogP contribution in [-0.4, -0.2) is 30.8 Å². The summed E-state index contributed by atoms with van der Waals surface area (Å²) >= 11 is 0. The molecule has 50 valence electrons. The predicted octanol–water partition coefficient (Wildman–Crippen LogP) is -2.25. The summed E-state index contributed by atoms with van der Waals surface area (Å²) in [6.07, 6.45) is 0. The molecule has 6 nitrogen and oxygen atoms in total. The third-order valence-corrected chi connectivity index (χ3v) is 1.17. The zero-order valence-corrected chi connectivity index (χ0v) is 4.49. The summed E-state index contributed by atoms with van der Waals surface area (Å²) in [4.78, 5) is 15.4.